The van der Waals surface area contributed by atoms with Crippen molar-refractivity contribution < 1.29 is 9.53 Å². The number of hydrogen-bond donors (Lipinski definition) is 1. The topological polar surface area (TPSA) is 41.6 Å². The van der Waals surface area contributed by atoms with Crippen molar-refractivity contribution in [3.63, 3.8) is 0 Å². The van der Waals surface area contributed by atoms with Gasteiger partial charge in [-0.1, -0.05) is 22.0 Å². The third-order valence-corrected chi connectivity index (χ3v) is 4.42. The molecular weight excluding hydrogens is 332 g/mol. The van der Waals surface area contributed by atoms with Gasteiger partial charge in [0.05, 0.1) is 0 Å². The zero-order valence-electron chi connectivity index (χ0n) is 12.5. The van der Waals surface area contributed by atoms with Crippen LogP contribution in [-0.2, 0) is 4.79 Å². The summed E-state index contributed by atoms with van der Waals surface area (Å²) in [5, 5.41) is 3.19. The molecule has 2 rings (SSSR count). The summed E-state index contributed by atoms with van der Waals surface area (Å²) in [5.74, 6) is 1.55. The lowest BCUT2D eigenvalue weighted by atomic mass is 9.93. The molecule has 0 aliphatic carbocycles. The fourth-order valence-corrected chi connectivity index (χ4v) is 2.99. The number of rotatable bonds is 6. The van der Waals surface area contributed by atoms with Gasteiger partial charge in [0.15, 0.2) is 6.61 Å². The van der Waals surface area contributed by atoms with Crippen LogP contribution in [0.15, 0.2) is 28.7 Å². The number of ether oxygens (including phenoxy) is 1. The van der Waals surface area contributed by atoms with Crippen molar-refractivity contribution in [2.24, 2.45) is 5.92 Å². The number of nitrogens with one attached hydrogen (secondary N) is 1. The van der Waals surface area contributed by atoms with Crippen LogP contribution < -0.4 is 10.1 Å². The summed E-state index contributed by atoms with van der Waals surface area (Å²) in [7, 11) is 1.98. The number of carbonyl (C=O) groups is 1. The van der Waals surface area contributed by atoms with E-state index in [-0.39, 0.29) is 12.5 Å². The van der Waals surface area contributed by atoms with Crippen molar-refractivity contribution in [3.8, 4) is 5.75 Å². The minimum absolute atomic E-state index is 0.0852. The van der Waals surface area contributed by atoms with Gasteiger partial charge in [-0.05, 0) is 57.0 Å². The van der Waals surface area contributed by atoms with Gasteiger partial charge >= 0.3 is 0 Å². The Balaban J connectivity index is 1.72. The van der Waals surface area contributed by atoms with E-state index in [1.165, 1.54) is 6.42 Å². The lowest BCUT2D eigenvalue weighted by Crippen LogP contribution is -2.41. The molecule has 1 amide bonds. The Morgan fingerprint density at radius 3 is 2.86 bits per heavy atom. The van der Waals surface area contributed by atoms with Gasteiger partial charge in [-0.3, -0.25) is 4.79 Å². The predicted octanol–water partition coefficient (Wildman–Crippen LogP) is 2.68. The van der Waals surface area contributed by atoms with Crippen LogP contribution in [0.1, 0.15) is 19.3 Å². The molecule has 5 heteroatoms. The van der Waals surface area contributed by atoms with Gasteiger partial charge in [0.25, 0.3) is 5.91 Å². The molecular formula is C16H23BrN2O2. The molecule has 0 spiro atoms. The summed E-state index contributed by atoms with van der Waals surface area (Å²) in [5.41, 5.74) is 0. The Labute approximate surface area is 135 Å². The van der Waals surface area contributed by atoms with Crippen LogP contribution in [0.25, 0.3) is 0 Å². The van der Waals surface area contributed by atoms with Gasteiger partial charge in [0.2, 0.25) is 0 Å². The fourth-order valence-electron chi connectivity index (χ4n) is 2.61. The first kappa shape index (κ1) is 16.3. The summed E-state index contributed by atoms with van der Waals surface area (Å²) >= 11 is 3.39. The molecule has 21 heavy (non-hydrogen) atoms. The third-order valence-electron chi connectivity index (χ3n) is 3.93. The molecule has 1 aliphatic rings. The second-order valence-electron chi connectivity index (χ2n) is 5.46. The van der Waals surface area contributed by atoms with Crippen molar-refractivity contribution in [1.82, 2.24) is 10.2 Å². The number of halogens is 1. The minimum atomic E-state index is 0.0852. The summed E-state index contributed by atoms with van der Waals surface area (Å²) in [4.78, 5) is 14.1. The van der Waals surface area contributed by atoms with Crippen LogP contribution in [0.5, 0.6) is 5.75 Å². The van der Waals surface area contributed by atoms with Crippen LogP contribution >= 0.6 is 15.9 Å². The van der Waals surface area contributed by atoms with Gasteiger partial charge in [-0.15, -0.1) is 0 Å². The quantitative estimate of drug-likeness (QED) is 0.853. The lowest BCUT2D eigenvalue weighted by Gasteiger charge is -2.32. The van der Waals surface area contributed by atoms with E-state index >= 15 is 0 Å². The first-order chi connectivity index (χ1) is 10.2. The summed E-state index contributed by atoms with van der Waals surface area (Å²) in [6.45, 7) is 2.90. The Morgan fingerprint density at radius 2 is 2.19 bits per heavy atom. The van der Waals surface area contributed by atoms with Crippen LogP contribution in [0.3, 0.4) is 0 Å². The molecule has 1 fully saturated rings. The number of piperidine rings is 1. The van der Waals surface area contributed by atoms with Crippen LogP contribution in [-0.4, -0.2) is 44.1 Å². The molecule has 0 aromatic heterocycles. The maximum atomic E-state index is 12.2. The molecule has 4 nitrogen and oxygen atoms in total. The maximum Gasteiger partial charge on any atom is 0.260 e. The standard InChI is InChI=1S/C16H23BrN2O2/c1-18-8-5-13-6-9-19(10-7-13)16(20)12-21-15-4-2-3-14(17)11-15/h2-4,11,13,18H,5-10,12H2,1H3. The Hall–Kier alpha value is -1.07. The summed E-state index contributed by atoms with van der Waals surface area (Å²) < 4.78 is 6.52. The van der Waals surface area contributed by atoms with E-state index < -0.39 is 0 Å². The van der Waals surface area contributed by atoms with Crippen molar-refractivity contribution in [2.45, 2.75) is 19.3 Å². The Bertz CT molecular complexity index is 459. The SMILES string of the molecule is CNCCC1CCN(C(=O)COc2cccc(Br)c2)CC1. The van der Waals surface area contributed by atoms with Crippen molar-refractivity contribution in [2.75, 3.05) is 33.3 Å². The smallest absolute Gasteiger partial charge is 0.260 e. The summed E-state index contributed by atoms with van der Waals surface area (Å²) in [6, 6.07) is 7.57. The second-order valence-corrected chi connectivity index (χ2v) is 6.38. The molecule has 1 aromatic carbocycles. The highest BCUT2D eigenvalue weighted by Gasteiger charge is 2.22. The molecule has 0 radical (unpaired) electrons. The van der Waals surface area contributed by atoms with E-state index in [1.807, 2.05) is 36.2 Å². The minimum Gasteiger partial charge on any atom is -0.484 e. The molecule has 1 N–H and O–H groups in total. The van der Waals surface area contributed by atoms with Crippen LogP contribution in [0.4, 0.5) is 0 Å². The van der Waals surface area contributed by atoms with Crippen molar-refractivity contribution >= 4 is 21.8 Å². The Morgan fingerprint density at radius 1 is 1.43 bits per heavy atom. The predicted molar refractivity (Wildman–Crippen MR) is 87.5 cm³/mol. The number of benzene rings is 1. The van der Waals surface area contributed by atoms with E-state index in [2.05, 4.69) is 21.2 Å². The van der Waals surface area contributed by atoms with E-state index in [1.54, 1.807) is 0 Å². The highest BCUT2D eigenvalue weighted by Crippen LogP contribution is 2.21. The monoisotopic (exact) mass is 354 g/mol. The Kier molecular flexibility index (Phi) is 6.51. The zero-order chi connectivity index (χ0) is 15.1. The van der Waals surface area contributed by atoms with Crippen LogP contribution in [0, 0.1) is 5.92 Å². The van der Waals surface area contributed by atoms with Gasteiger partial charge in [0, 0.05) is 17.6 Å². The van der Waals surface area contributed by atoms with E-state index in [9.17, 15) is 4.79 Å². The molecule has 116 valence electrons. The first-order valence-electron chi connectivity index (χ1n) is 7.50. The van der Waals surface area contributed by atoms with Crippen molar-refractivity contribution in [3.05, 3.63) is 28.7 Å². The number of hydrogen-bond acceptors (Lipinski definition) is 3. The molecule has 0 atom stereocenters. The van der Waals surface area contributed by atoms with Crippen LogP contribution in [0.2, 0.25) is 0 Å². The molecule has 1 heterocycles. The number of amides is 1. The first-order valence-corrected chi connectivity index (χ1v) is 8.29. The molecule has 0 saturated carbocycles. The normalized spacial score (nSPS) is 16.0. The van der Waals surface area contributed by atoms with E-state index in [0.717, 1.165) is 48.6 Å². The van der Waals surface area contributed by atoms with E-state index in [4.69, 9.17) is 4.74 Å². The zero-order valence-corrected chi connectivity index (χ0v) is 14.1. The second kappa shape index (κ2) is 8.39. The average molecular weight is 355 g/mol. The van der Waals surface area contributed by atoms with E-state index in [0.29, 0.717) is 0 Å². The number of carbonyl (C=O) groups excluding carboxylic acids is 1. The highest BCUT2D eigenvalue weighted by atomic mass is 79.9. The maximum absolute atomic E-state index is 12.2. The van der Waals surface area contributed by atoms with Crippen molar-refractivity contribution in [1.29, 1.82) is 0 Å². The fraction of sp³-hybridized carbons (Fsp3) is 0.562. The molecule has 1 aromatic rings. The molecule has 1 aliphatic heterocycles. The van der Waals surface area contributed by atoms with Gasteiger partial charge < -0.3 is 15.0 Å². The molecule has 0 bridgehead atoms. The van der Waals surface area contributed by atoms with Gasteiger partial charge in [-0.2, -0.15) is 0 Å². The molecule has 0 unspecified atom stereocenters. The number of nitrogens with zero attached hydrogens (tertiary/aromatic N) is 1. The largest absolute Gasteiger partial charge is 0.484 e. The third kappa shape index (κ3) is 5.32. The number of likely N-dealkylation sites (tertiary alicyclic amines) is 1. The highest BCUT2D eigenvalue weighted by molar-refractivity contribution is 9.10. The summed E-state index contributed by atoms with van der Waals surface area (Å²) in [6.07, 6.45) is 3.40. The van der Waals surface area contributed by atoms with Gasteiger partial charge in [-0.25, -0.2) is 0 Å². The molecule has 1 saturated heterocycles. The average Bonchev–Trinajstić information content (AvgIpc) is 2.51. The van der Waals surface area contributed by atoms with Gasteiger partial charge in [0.1, 0.15) is 5.75 Å². The lowest BCUT2D eigenvalue weighted by molar-refractivity contribution is -0.134.